The number of aryl methyl sites for hydroxylation is 1. The van der Waals surface area contributed by atoms with Gasteiger partial charge in [0.1, 0.15) is 11.6 Å². The van der Waals surface area contributed by atoms with Crippen molar-refractivity contribution in [2.24, 2.45) is 0 Å². The van der Waals surface area contributed by atoms with Gasteiger partial charge in [0.15, 0.2) is 0 Å². The van der Waals surface area contributed by atoms with Crippen molar-refractivity contribution >= 4 is 11.8 Å². The van der Waals surface area contributed by atoms with Crippen molar-refractivity contribution in [1.82, 2.24) is 9.97 Å². The minimum atomic E-state index is 0.358. The van der Waals surface area contributed by atoms with Crippen LogP contribution < -0.4 is 15.4 Å². The smallest absolute Gasteiger partial charge is 0.225 e. The highest BCUT2D eigenvalue weighted by molar-refractivity contribution is 5.43. The van der Waals surface area contributed by atoms with Crippen LogP contribution in [0.5, 0.6) is 5.75 Å². The second-order valence-electron chi connectivity index (χ2n) is 5.37. The molecule has 2 rings (SSSR count). The van der Waals surface area contributed by atoms with Crippen LogP contribution in [0.25, 0.3) is 0 Å². The highest BCUT2D eigenvalue weighted by atomic mass is 16.5. The summed E-state index contributed by atoms with van der Waals surface area (Å²) in [6.07, 6.45) is 1.03. The van der Waals surface area contributed by atoms with Gasteiger partial charge in [-0.2, -0.15) is 4.98 Å². The third kappa shape index (κ3) is 4.62. The fourth-order valence-electron chi connectivity index (χ4n) is 1.98. The highest BCUT2D eigenvalue weighted by Gasteiger charge is 2.05. The number of ether oxygens (including phenoxy) is 1. The van der Waals surface area contributed by atoms with Crippen LogP contribution in [0.1, 0.15) is 31.5 Å². The number of nitrogens with zero attached hydrogens (tertiary/aromatic N) is 2. The molecule has 2 N–H and O–H groups in total. The molecule has 0 aliphatic heterocycles. The molecule has 1 aromatic carbocycles. The van der Waals surface area contributed by atoms with Crippen molar-refractivity contribution in [2.45, 2.75) is 39.8 Å². The molecule has 0 saturated carbocycles. The normalized spacial score (nSPS) is 11.8. The second-order valence-corrected chi connectivity index (χ2v) is 5.37. The van der Waals surface area contributed by atoms with Gasteiger partial charge in [0, 0.05) is 24.3 Å². The van der Waals surface area contributed by atoms with Crippen LogP contribution in [0.4, 0.5) is 11.8 Å². The molecule has 5 heteroatoms. The molecule has 0 aliphatic carbocycles. The van der Waals surface area contributed by atoms with E-state index in [1.54, 1.807) is 7.11 Å². The van der Waals surface area contributed by atoms with Gasteiger partial charge in [-0.3, -0.25) is 0 Å². The maximum Gasteiger partial charge on any atom is 0.225 e. The van der Waals surface area contributed by atoms with Crippen molar-refractivity contribution in [1.29, 1.82) is 0 Å². The number of hydrogen-bond donors (Lipinski definition) is 2. The molecule has 1 aromatic heterocycles. The van der Waals surface area contributed by atoms with Gasteiger partial charge in [-0.1, -0.05) is 19.1 Å². The lowest BCUT2D eigenvalue weighted by Gasteiger charge is -2.13. The van der Waals surface area contributed by atoms with Crippen molar-refractivity contribution in [3.8, 4) is 5.75 Å². The molecule has 0 aliphatic rings. The van der Waals surface area contributed by atoms with E-state index in [4.69, 9.17) is 4.74 Å². The molecule has 0 radical (unpaired) electrons. The Hall–Kier alpha value is -2.30. The summed E-state index contributed by atoms with van der Waals surface area (Å²) in [7, 11) is 1.67. The largest absolute Gasteiger partial charge is 0.497 e. The first-order chi connectivity index (χ1) is 10.6. The molecule has 0 saturated heterocycles. The lowest BCUT2D eigenvalue weighted by molar-refractivity contribution is 0.414. The Labute approximate surface area is 132 Å². The summed E-state index contributed by atoms with van der Waals surface area (Å²) in [5.41, 5.74) is 2.12. The fourth-order valence-corrected chi connectivity index (χ4v) is 1.98. The van der Waals surface area contributed by atoms with Crippen LogP contribution in [0, 0.1) is 6.92 Å². The molecular weight excluding hydrogens is 276 g/mol. The molecule has 5 nitrogen and oxygen atoms in total. The van der Waals surface area contributed by atoms with Gasteiger partial charge in [0.25, 0.3) is 0 Å². The predicted molar refractivity (Wildman–Crippen MR) is 90.5 cm³/mol. The maximum absolute atomic E-state index is 5.16. The van der Waals surface area contributed by atoms with E-state index in [2.05, 4.69) is 34.4 Å². The third-order valence-electron chi connectivity index (χ3n) is 3.47. The summed E-state index contributed by atoms with van der Waals surface area (Å²) in [6, 6.07) is 10.3. The van der Waals surface area contributed by atoms with Crippen molar-refractivity contribution in [3.63, 3.8) is 0 Å². The van der Waals surface area contributed by atoms with Gasteiger partial charge >= 0.3 is 0 Å². The lowest BCUT2D eigenvalue weighted by atomic mass is 10.2. The zero-order valence-electron chi connectivity index (χ0n) is 13.7. The van der Waals surface area contributed by atoms with E-state index in [1.807, 2.05) is 37.3 Å². The van der Waals surface area contributed by atoms with E-state index in [0.29, 0.717) is 18.5 Å². The number of hydrogen-bond acceptors (Lipinski definition) is 5. The average molecular weight is 300 g/mol. The number of nitrogens with one attached hydrogen (secondary N) is 2. The van der Waals surface area contributed by atoms with E-state index in [0.717, 1.165) is 23.7 Å². The van der Waals surface area contributed by atoms with Crippen molar-refractivity contribution in [2.75, 3.05) is 17.7 Å². The van der Waals surface area contributed by atoms with Gasteiger partial charge in [0.05, 0.1) is 7.11 Å². The molecule has 1 heterocycles. The van der Waals surface area contributed by atoms with E-state index < -0.39 is 0 Å². The molecule has 0 bridgehead atoms. The molecule has 22 heavy (non-hydrogen) atoms. The minimum absolute atomic E-state index is 0.358. The lowest BCUT2D eigenvalue weighted by Crippen LogP contribution is -2.16. The fraction of sp³-hybridized carbons (Fsp3) is 0.412. The topological polar surface area (TPSA) is 59.1 Å². The summed E-state index contributed by atoms with van der Waals surface area (Å²) in [5.74, 6) is 2.36. The van der Waals surface area contributed by atoms with Crippen LogP contribution in [0.15, 0.2) is 30.3 Å². The Kier molecular flexibility index (Phi) is 5.58. The summed E-state index contributed by atoms with van der Waals surface area (Å²) in [4.78, 5) is 8.93. The van der Waals surface area contributed by atoms with Gasteiger partial charge in [-0.25, -0.2) is 4.98 Å². The summed E-state index contributed by atoms with van der Waals surface area (Å²) >= 11 is 0. The first kappa shape index (κ1) is 16.1. The zero-order valence-corrected chi connectivity index (χ0v) is 13.7. The average Bonchev–Trinajstić information content (AvgIpc) is 2.52. The van der Waals surface area contributed by atoms with E-state index >= 15 is 0 Å². The Morgan fingerprint density at radius 1 is 1.18 bits per heavy atom. The zero-order chi connectivity index (χ0) is 15.9. The Morgan fingerprint density at radius 2 is 1.91 bits per heavy atom. The van der Waals surface area contributed by atoms with Crippen LogP contribution in [0.3, 0.4) is 0 Å². The van der Waals surface area contributed by atoms with Crippen LogP contribution >= 0.6 is 0 Å². The molecule has 0 fully saturated rings. The van der Waals surface area contributed by atoms with Gasteiger partial charge in [-0.05, 0) is 38.0 Å². The van der Waals surface area contributed by atoms with E-state index in [1.165, 1.54) is 5.56 Å². The summed E-state index contributed by atoms with van der Waals surface area (Å²) in [6.45, 7) is 6.94. The van der Waals surface area contributed by atoms with Crippen LogP contribution in [0.2, 0.25) is 0 Å². The number of anilines is 2. The summed E-state index contributed by atoms with van der Waals surface area (Å²) in [5, 5.41) is 6.65. The van der Waals surface area contributed by atoms with Crippen LogP contribution in [-0.4, -0.2) is 23.1 Å². The number of methoxy groups -OCH3 is 1. The molecule has 1 atom stereocenters. The number of benzene rings is 1. The monoisotopic (exact) mass is 300 g/mol. The SMILES string of the molecule is CCC(C)Nc1nc(C)cc(NCc2ccc(OC)cc2)n1. The highest BCUT2D eigenvalue weighted by Crippen LogP contribution is 2.15. The molecule has 118 valence electrons. The molecular formula is C17H24N4O. The molecule has 0 spiro atoms. The number of rotatable bonds is 7. The minimum Gasteiger partial charge on any atom is -0.497 e. The first-order valence-electron chi connectivity index (χ1n) is 7.59. The molecule has 1 unspecified atom stereocenters. The standard InChI is InChI=1S/C17H24N4O/c1-5-12(2)19-17-20-13(3)10-16(21-17)18-11-14-6-8-15(22-4)9-7-14/h6-10,12H,5,11H2,1-4H3,(H2,18,19,20,21). The van der Waals surface area contributed by atoms with Gasteiger partial charge in [-0.15, -0.1) is 0 Å². The second kappa shape index (κ2) is 7.64. The van der Waals surface area contributed by atoms with E-state index in [-0.39, 0.29) is 0 Å². The Balaban J connectivity index is 2.02. The molecule has 0 amide bonds. The van der Waals surface area contributed by atoms with Gasteiger partial charge < -0.3 is 15.4 Å². The Morgan fingerprint density at radius 3 is 2.55 bits per heavy atom. The third-order valence-corrected chi connectivity index (χ3v) is 3.47. The van der Waals surface area contributed by atoms with Crippen molar-refractivity contribution < 1.29 is 4.74 Å². The van der Waals surface area contributed by atoms with E-state index in [9.17, 15) is 0 Å². The predicted octanol–water partition coefficient (Wildman–Crippen LogP) is 3.62. The maximum atomic E-state index is 5.16. The molecule has 2 aromatic rings. The van der Waals surface area contributed by atoms with Gasteiger partial charge in [0.2, 0.25) is 5.95 Å². The quantitative estimate of drug-likeness (QED) is 0.818. The summed E-state index contributed by atoms with van der Waals surface area (Å²) < 4.78 is 5.16. The van der Waals surface area contributed by atoms with Crippen LogP contribution in [-0.2, 0) is 6.54 Å². The number of aromatic nitrogens is 2. The first-order valence-corrected chi connectivity index (χ1v) is 7.59. The van der Waals surface area contributed by atoms with Crippen molar-refractivity contribution in [3.05, 3.63) is 41.6 Å². The Bertz CT molecular complexity index is 598.